The number of hydrogen-bond donors (Lipinski definition) is 0. The molecule has 0 fully saturated rings. The number of rotatable bonds is 3. The van der Waals surface area contributed by atoms with Crippen LogP contribution >= 0.6 is 0 Å². The smallest absolute Gasteiger partial charge is 0.334 e. The summed E-state index contributed by atoms with van der Waals surface area (Å²) < 4.78 is 9.84. The van der Waals surface area contributed by atoms with Crippen LogP contribution in [0.25, 0.3) is 0 Å². The average Bonchev–Trinajstić information content (AvgIpc) is 2.55. The highest BCUT2D eigenvalue weighted by Gasteiger charge is 2.37. The van der Waals surface area contributed by atoms with Gasteiger partial charge in [-0.05, 0) is 6.92 Å². The van der Waals surface area contributed by atoms with Gasteiger partial charge in [-0.3, -0.25) is 4.79 Å². The van der Waals surface area contributed by atoms with Crippen molar-refractivity contribution in [2.45, 2.75) is 25.4 Å². The van der Waals surface area contributed by atoms with Gasteiger partial charge in [0.1, 0.15) is 6.29 Å². The van der Waals surface area contributed by atoms with E-state index in [1.54, 1.807) is 7.11 Å². The Morgan fingerprint density at radius 2 is 2.07 bits per heavy atom. The molecule has 0 amide bonds. The van der Waals surface area contributed by atoms with Gasteiger partial charge in [0.25, 0.3) is 0 Å². The SMILES string of the molecule is COC(=O)C1=C(C=O)CC(C)(OC)C1. The maximum atomic E-state index is 11.3. The van der Waals surface area contributed by atoms with Crippen LogP contribution in [0.1, 0.15) is 19.8 Å². The molecule has 0 spiro atoms. The summed E-state index contributed by atoms with van der Waals surface area (Å²) in [5.74, 6) is -0.437. The van der Waals surface area contributed by atoms with Crippen molar-refractivity contribution < 1.29 is 19.1 Å². The third-order valence-corrected chi connectivity index (χ3v) is 2.57. The molecule has 0 radical (unpaired) electrons. The average molecular weight is 198 g/mol. The lowest BCUT2D eigenvalue weighted by atomic mass is 10.0. The monoisotopic (exact) mass is 198 g/mol. The molecular weight excluding hydrogens is 184 g/mol. The highest BCUT2D eigenvalue weighted by atomic mass is 16.5. The summed E-state index contributed by atoms with van der Waals surface area (Å²) in [6.45, 7) is 1.87. The summed E-state index contributed by atoms with van der Waals surface area (Å²) in [4.78, 5) is 22.0. The molecule has 0 aromatic heterocycles. The van der Waals surface area contributed by atoms with Crippen molar-refractivity contribution in [1.29, 1.82) is 0 Å². The molecule has 4 heteroatoms. The third kappa shape index (κ3) is 1.85. The van der Waals surface area contributed by atoms with E-state index in [1.165, 1.54) is 7.11 Å². The maximum absolute atomic E-state index is 11.3. The zero-order valence-electron chi connectivity index (χ0n) is 8.62. The number of methoxy groups -OCH3 is 2. The minimum Gasteiger partial charge on any atom is -0.466 e. The predicted octanol–water partition coefficient (Wildman–Crippen LogP) is 0.854. The Balaban J connectivity index is 2.92. The van der Waals surface area contributed by atoms with E-state index < -0.39 is 11.6 Å². The van der Waals surface area contributed by atoms with E-state index in [-0.39, 0.29) is 0 Å². The largest absolute Gasteiger partial charge is 0.466 e. The lowest BCUT2D eigenvalue weighted by molar-refractivity contribution is -0.136. The number of ether oxygens (including phenoxy) is 2. The van der Waals surface area contributed by atoms with Gasteiger partial charge in [-0.1, -0.05) is 0 Å². The van der Waals surface area contributed by atoms with Crippen LogP contribution in [0.4, 0.5) is 0 Å². The van der Waals surface area contributed by atoms with E-state index in [0.29, 0.717) is 30.3 Å². The minimum atomic E-state index is -0.445. The van der Waals surface area contributed by atoms with E-state index in [4.69, 9.17) is 4.74 Å². The van der Waals surface area contributed by atoms with Crippen LogP contribution in [0, 0.1) is 0 Å². The van der Waals surface area contributed by atoms with Crippen LogP contribution in [0.15, 0.2) is 11.1 Å². The maximum Gasteiger partial charge on any atom is 0.334 e. The zero-order chi connectivity index (χ0) is 10.8. The molecule has 14 heavy (non-hydrogen) atoms. The van der Waals surface area contributed by atoms with Crippen molar-refractivity contribution in [2.24, 2.45) is 0 Å². The first-order valence-electron chi connectivity index (χ1n) is 4.37. The van der Waals surface area contributed by atoms with Crippen molar-refractivity contribution in [3.8, 4) is 0 Å². The Kier molecular flexibility index (Phi) is 3.06. The molecule has 0 saturated heterocycles. The van der Waals surface area contributed by atoms with Crippen molar-refractivity contribution >= 4 is 12.3 Å². The molecular formula is C10H14O4. The molecule has 0 N–H and O–H groups in total. The first-order valence-corrected chi connectivity index (χ1v) is 4.37. The molecule has 1 aliphatic carbocycles. The summed E-state index contributed by atoms with van der Waals surface area (Å²) in [6, 6.07) is 0. The van der Waals surface area contributed by atoms with Gasteiger partial charge < -0.3 is 9.47 Å². The second kappa shape index (κ2) is 3.92. The van der Waals surface area contributed by atoms with Crippen LogP contribution in [-0.2, 0) is 19.1 Å². The Morgan fingerprint density at radius 1 is 1.43 bits per heavy atom. The van der Waals surface area contributed by atoms with Gasteiger partial charge in [-0.25, -0.2) is 4.79 Å². The second-order valence-corrected chi connectivity index (χ2v) is 3.62. The molecule has 1 rings (SSSR count). The topological polar surface area (TPSA) is 52.6 Å². The summed E-state index contributed by atoms with van der Waals surface area (Å²) >= 11 is 0. The molecule has 78 valence electrons. The first kappa shape index (κ1) is 10.9. The molecule has 0 aromatic rings. The number of aldehydes is 1. The van der Waals surface area contributed by atoms with Crippen LogP contribution < -0.4 is 0 Å². The van der Waals surface area contributed by atoms with E-state index in [2.05, 4.69) is 4.74 Å². The van der Waals surface area contributed by atoms with Crippen LogP contribution in [0.5, 0.6) is 0 Å². The Labute approximate surface area is 82.9 Å². The molecule has 4 nitrogen and oxygen atoms in total. The number of hydrogen-bond acceptors (Lipinski definition) is 4. The van der Waals surface area contributed by atoms with E-state index in [9.17, 15) is 9.59 Å². The van der Waals surface area contributed by atoms with Gasteiger partial charge in [0.15, 0.2) is 0 Å². The van der Waals surface area contributed by atoms with E-state index in [1.807, 2.05) is 6.92 Å². The second-order valence-electron chi connectivity index (χ2n) is 3.62. The Morgan fingerprint density at radius 3 is 2.50 bits per heavy atom. The number of esters is 1. The standard InChI is InChI=1S/C10H14O4/c1-10(14-3)4-7(6-11)8(5-10)9(12)13-2/h6H,4-5H2,1-3H3. The van der Waals surface area contributed by atoms with E-state index >= 15 is 0 Å². The van der Waals surface area contributed by atoms with Crippen molar-refractivity contribution in [1.82, 2.24) is 0 Å². The number of carbonyl (C=O) groups excluding carboxylic acids is 2. The fourth-order valence-electron chi connectivity index (χ4n) is 1.64. The van der Waals surface area contributed by atoms with Crippen LogP contribution in [0.2, 0.25) is 0 Å². The highest BCUT2D eigenvalue weighted by molar-refractivity contribution is 5.96. The lowest BCUT2D eigenvalue weighted by Gasteiger charge is -2.21. The summed E-state index contributed by atoms with van der Waals surface area (Å²) in [6.07, 6.45) is 1.61. The summed E-state index contributed by atoms with van der Waals surface area (Å²) in [5.41, 5.74) is 0.479. The molecule has 0 aliphatic heterocycles. The highest BCUT2D eigenvalue weighted by Crippen LogP contribution is 2.36. The molecule has 0 bridgehead atoms. The molecule has 0 heterocycles. The minimum absolute atomic E-state index is 0.435. The fraction of sp³-hybridized carbons (Fsp3) is 0.600. The molecule has 1 atom stereocenters. The molecule has 0 aromatic carbocycles. The van der Waals surface area contributed by atoms with Gasteiger partial charge in [0, 0.05) is 31.1 Å². The van der Waals surface area contributed by atoms with Crippen molar-refractivity contribution in [3.63, 3.8) is 0 Å². The molecule has 0 saturated carbocycles. The summed E-state index contributed by atoms with van der Waals surface area (Å²) in [5, 5.41) is 0. The van der Waals surface area contributed by atoms with Gasteiger partial charge in [0.05, 0.1) is 12.7 Å². The quantitative estimate of drug-likeness (QED) is 0.498. The fourth-order valence-corrected chi connectivity index (χ4v) is 1.64. The predicted molar refractivity (Wildman–Crippen MR) is 49.8 cm³/mol. The van der Waals surface area contributed by atoms with E-state index in [0.717, 1.165) is 0 Å². The van der Waals surface area contributed by atoms with Crippen LogP contribution in [0.3, 0.4) is 0 Å². The Bertz CT molecular complexity index is 292. The Hall–Kier alpha value is -1.16. The van der Waals surface area contributed by atoms with Crippen LogP contribution in [-0.4, -0.2) is 32.1 Å². The molecule has 1 unspecified atom stereocenters. The third-order valence-electron chi connectivity index (χ3n) is 2.57. The molecule has 1 aliphatic rings. The van der Waals surface area contributed by atoms with Crippen molar-refractivity contribution in [2.75, 3.05) is 14.2 Å². The van der Waals surface area contributed by atoms with Gasteiger partial charge in [0.2, 0.25) is 0 Å². The zero-order valence-corrected chi connectivity index (χ0v) is 8.62. The van der Waals surface area contributed by atoms with Gasteiger partial charge in [-0.2, -0.15) is 0 Å². The first-order chi connectivity index (χ1) is 6.56. The normalized spacial score (nSPS) is 26.5. The lowest BCUT2D eigenvalue weighted by Crippen LogP contribution is -2.24. The van der Waals surface area contributed by atoms with Crippen molar-refractivity contribution in [3.05, 3.63) is 11.1 Å². The number of carbonyl (C=O) groups is 2. The summed E-state index contributed by atoms with van der Waals surface area (Å²) in [7, 11) is 2.88. The van der Waals surface area contributed by atoms with Gasteiger partial charge in [-0.15, -0.1) is 0 Å². The van der Waals surface area contributed by atoms with Gasteiger partial charge >= 0.3 is 5.97 Å².